The summed E-state index contributed by atoms with van der Waals surface area (Å²) in [5, 5.41) is 2.87. The SMILES string of the molecule is O=C(Nc1ccncc1)N(c1ccccc1)c1nccc(-c2ccccc2)n1. The van der Waals surface area contributed by atoms with Crippen LogP contribution in [0, 0.1) is 0 Å². The van der Waals surface area contributed by atoms with Crippen molar-refractivity contribution >= 4 is 23.4 Å². The first kappa shape index (κ1) is 17.4. The van der Waals surface area contributed by atoms with Crippen molar-refractivity contribution in [1.82, 2.24) is 15.0 Å². The number of rotatable bonds is 4. The number of pyridine rings is 1. The van der Waals surface area contributed by atoms with E-state index in [-0.39, 0.29) is 6.03 Å². The third-order valence-corrected chi connectivity index (χ3v) is 4.06. The summed E-state index contributed by atoms with van der Waals surface area (Å²) in [7, 11) is 0. The van der Waals surface area contributed by atoms with Crippen molar-refractivity contribution in [2.75, 3.05) is 10.2 Å². The Hall–Kier alpha value is -4.06. The van der Waals surface area contributed by atoms with Gasteiger partial charge < -0.3 is 5.32 Å². The molecule has 2 aromatic heterocycles. The van der Waals surface area contributed by atoms with Crippen LogP contribution in [-0.2, 0) is 0 Å². The Labute approximate surface area is 162 Å². The topological polar surface area (TPSA) is 71.0 Å². The molecule has 4 aromatic rings. The third kappa shape index (κ3) is 3.86. The van der Waals surface area contributed by atoms with Crippen LogP contribution >= 0.6 is 0 Å². The predicted octanol–water partition coefficient (Wildman–Crippen LogP) is 4.91. The third-order valence-electron chi connectivity index (χ3n) is 4.06. The Morgan fingerprint density at radius 1 is 0.786 bits per heavy atom. The minimum absolute atomic E-state index is 0.291. The molecule has 6 nitrogen and oxygen atoms in total. The van der Waals surface area contributed by atoms with Crippen molar-refractivity contribution in [3.05, 3.63) is 97.5 Å². The van der Waals surface area contributed by atoms with Crippen LogP contribution in [0.1, 0.15) is 0 Å². The molecule has 1 N–H and O–H groups in total. The van der Waals surface area contributed by atoms with Gasteiger partial charge in [0.25, 0.3) is 0 Å². The molecule has 0 saturated carbocycles. The van der Waals surface area contributed by atoms with Crippen molar-refractivity contribution in [3.8, 4) is 11.3 Å². The molecule has 6 heteroatoms. The largest absolute Gasteiger partial charge is 0.333 e. The first-order valence-corrected chi connectivity index (χ1v) is 8.76. The molecule has 136 valence electrons. The Balaban J connectivity index is 1.73. The van der Waals surface area contributed by atoms with E-state index in [1.165, 1.54) is 4.90 Å². The fourth-order valence-electron chi connectivity index (χ4n) is 2.74. The van der Waals surface area contributed by atoms with Gasteiger partial charge in [0.15, 0.2) is 0 Å². The van der Waals surface area contributed by atoms with E-state index in [1.807, 2.05) is 66.7 Å². The number of nitrogens with one attached hydrogen (secondary N) is 1. The van der Waals surface area contributed by atoms with Gasteiger partial charge in [0, 0.05) is 29.8 Å². The van der Waals surface area contributed by atoms with Gasteiger partial charge in [-0.1, -0.05) is 48.5 Å². The zero-order valence-electron chi connectivity index (χ0n) is 14.9. The number of nitrogens with zero attached hydrogens (tertiary/aromatic N) is 4. The van der Waals surface area contributed by atoms with E-state index < -0.39 is 0 Å². The summed E-state index contributed by atoms with van der Waals surface area (Å²) < 4.78 is 0. The number of carbonyl (C=O) groups excluding carboxylic acids is 1. The molecular weight excluding hydrogens is 350 g/mol. The van der Waals surface area contributed by atoms with Crippen LogP contribution in [0.25, 0.3) is 11.3 Å². The van der Waals surface area contributed by atoms with Gasteiger partial charge in [-0.25, -0.2) is 19.7 Å². The van der Waals surface area contributed by atoms with Crippen molar-refractivity contribution in [2.24, 2.45) is 0 Å². The highest BCUT2D eigenvalue weighted by Gasteiger charge is 2.21. The van der Waals surface area contributed by atoms with Crippen LogP contribution in [0.3, 0.4) is 0 Å². The average Bonchev–Trinajstić information content (AvgIpc) is 2.76. The molecular formula is C22H17N5O. The highest BCUT2D eigenvalue weighted by atomic mass is 16.2. The maximum atomic E-state index is 13.1. The number of hydrogen-bond acceptors (Lipinski definition) is 4. The van der Waals surface area contributed by atoms with Gasteiger partial charge in [-0.2, -0.15) is 0 Å². The second kappa shape index (κ2) is 8.09. The maximum Gasteiger partial charge on any atom is 0.333 e. The molecule has 0 aliphatic rings. The summed E-state index contributed by atoms with van der Waals surface area (Å²) >= 11 is 0. The molecule has 2 amide bonds. The number of urea groups is 1. The van der Waals surface area contributed by atoms with Crippen LogP contribution in [-0.4, -0.2) is 21.0 Å². The van der Waals surface area contributed by atoms with E-state index in [2.05, 4.69) is 20.3 Å². The van der Waals surface area contributed by atoms with Gasteiger partial charge in [0.05, 0.1) is 11.4 Å². The Bertz CT molecular complexity index is 1060. The molecule has 0 unspecified atom stereocenters. The highest BCUT2D eigenvalue weighted by Crippen LogP contribution is 2.25. The van der Waals surface area contributed by atoms with Gasteiger partial charge in [0.1, 0.15) is 0 Å². The van der Waals surface area contributed by atoms with Crippen LogP contribution < -0.4 is 10.2 Å². The van der Waals surface area contributed by atoms with E-state index >= 15 is 0 Å². The zero-order chi connectivity index (χ0) is 19.2. The number of aromatic nitrogens is 3. The smallest absolute Gasteiger partial charge is 0.307 e. The summed E-state index contributed by atoms with van der Waals surface area (Å²) in [5.74, 6) is 0.291. The highest BCUT2D eigenvalue weighted by molar-refractivity contribution is 6.05. The standard InChI is InChI=1S/C22H17N5O/c28-22(25-18-11-14-23-15-12-18)27(19-9-5-2-6-10-19)21-24-16-13-20(26-21)17-7-3-1-4-8-17/h1-16H,(H,23,25,28). The van der Waals surface area contributed by atoms with Crippen LogP contribution in [0.2, 0.25) is 0 Å². The average molecular weight is 367 g/mol. The first-order chi connectivity index (χ1) is 13.8. The van der Waals surface area contributed by atoms with E-state index in [9.17, 15) is 4.79 Å². The summed E-state index contributed by atoms with van der Waals surface area (Å²) in [6.45, 7) is 0. The molecule has 28 heavy (non-hydrogen) atoms. The maximum absolute atomic E-state index is 13.1. The van der Waals surface area contributed by atoms with Crippen molar-refractivity contribution in [2.45, 2.75) is 0 Å². The molecule has 2 aromatic carbocycles. The molecule has 0 atom stereocenters. The normalized spacial score (nSPS) is 10.3. The minimum Gasteiger partial charge on any atom is -0.307 e. The number of anilines is 3. The fraction of sp³-hybridized carbons (Fsp3) is 0. The van der Waals surface area contributed by atoms with Crippen LogP contribution in [0.4, 0.5) is 22.1 Å². The van der Waals surface area contributed by atoms with Crippen molar-refractivity contribution in [1.29, 1.82) is 0 Å². The molecule has 0 bridgehead atoms. The summed E-state index contributed by atoms with van der Waals surface area (Å²) in [4.78, 5) is 27.5. The van der Waals surface area contributed by atoms with Gasteiger partial charge in [-0.05, 0) is 30.3 Å². The monoisotopic (exact) mass is 367 g/mol. The van der Waals surface area contributed by atoms with E-state index in [0.29, 0.717) is 17.3 Å². The number of benzene rings is 2. The van der Waals surface area contributed by atoms with Gasteiger partial charge >= 0.3 is 6.03 Å². The van der Waals surface area contributed by atoms with Crippen LogP contribution in [0.15, 0.2) is 97.5 Å². The number of hydrogen-bond donors (Lipinski definition) is 1. The summed E-state index contributed by atoms with van der Waals surface area (Å²) in [5.41, 5.74) is 3.00. The zero-order valence-corrected chi connectivity index (χ0v) is 14.9. The number of amides is 2. The Kier molecular flexibility index (Phi) is 5.02. The fourth-order valence-corrected chi connectivity index (χ4v) is 2.74. The lowest BCUT2D eigenvalue weighted by Gasteiger charge is -2.21. The number of para-hydroxylation sites is 1. The number of carbonyl (C=O) groups is 1. The molecule has 0 fully saturated rings. The molecule has 0 radical (unpaired) electrons. The first-order valence-electron chi connectivity index (χ1n) is 8.76. The van der Waals surface area contributed by atoms with E-state index in [0.717, 1.165) is 11.3 Å². The Morgan fingerprint density at radius 2 is 1.46 bits per heavy atom. The second-order valence-corrected chi connectivity index (χ2v) is 5.94. The van der Waals surface area contributed by atoms with Gasteiger partial charge in [-0.3, -0.25) is 4.98 Å². The second-order valence-electron chi connectivity index (χ2n) is 5.94. The summed E-state index contributed by atoms with van der Waals surface area (Å²) in [6, 6.07) is 24.0. The van der Waals surface area contributed by atoms with Gasteiger partial charge in [0.2, 0.25) is 5.95 Å². The quantitative estimate of drug-likeness (QED) is 0.556. The predicted molar refractivity (Wildman–Crippen MR) is 109 cm³/mol. The lowest BCUT2D eigenvalue weighted by atomic mass is 10.1. The minimum atomic E-state index is -0.359. The summed E-state index contributed by atoms with van der Waals surface area (Å²) in [6.07, 6.45) is 4.89. The lowest BCUT2D eigenvalue weighted by molar-refractivity contribution is 0.258. The molecule has 2 heterocycles. The van der Waals surface area contributed by atoms with Gasteiger partial charge in [-0.15, -0.1) is 0 Å². The van der Waals surface area contributed by atoms with Crippen LogP contribution in [0.5, 0.6) is 0 Å². The molecule has 4 rings (SSSR count). The molecule has 0 saturated heterocycles. The van der Waals surface area contributed by atoms with Crippen molar-refractivity contribution in [3.63, 3.8) is 0 Å². The molecule has 0 aliphatic carbocycles. The molecule has 0 spiro atoms. The van der Waals surface area contributed by atoms with E-state index in [4.69, 9.17) is 0 Å². The van der Waals surface area contributed by atoms with Crippen molar-refractivity contribution < 1.29 is 4.79 Å². The Morgan fingerprint density at radius 3 is 2.18 bits per heavy atom. The lowest BCUT2D eigenvalue weighted by Crippen LogP contribution is -2.32. The molecule has 0 aliphatic heterocycles. The van der Waals surface area contributed by atoms with E-state index in [1.54, 1.807) is 30.7 Å².